The molecule has 0 saturated heterocycles. The minimum absolute atomic E-state index is 0. The van der Waals surface area contributed by atoms with Gasteiger partial charge in [-0.25, -0.2) is 0 Å². The highest BCUT2D eigenvalue weighted by Crippen LogP contribution is 2.07. The van der Waals surface area contributed by atoms with Crippen molar-refractivity contribution in [3.05, 3.63) is 46.4 Å². The molecule has 104 valence electrons. The number of aliphatic imine (C=N–C) groups is 1. The van der Waals surface area contributed by atoms with Crippen molar-refractivity contribution >= 4 is 41.3 Å². The van der Waals surface area contributed by atoms with Crippen molar-refractivity contribution in [2.24, 2.45) is 12.0 Å². The third-order valence-electron chi connectivity index (χ3n) is 2.72. The van der Waals surface area contributed by atoms with Crippen molar-refractivity contribution in [3.8, 4) is 0 Å². The molecule has 19 heavy (non-hydrogen) atoms. The van der Waals surface area contributed by atoms with E-state index in [9.17, 15) is 0 Å². The van der Waals surface area contributed by atoms with E-state index in [0.717, 1.165) is 19.0 Å². The van der Waals surface area contributed by atoms with Gasteiger partial charge in [0.05, 0.1) is 13.1 Å². The number of hydrogen-bond donors (Lipinski definition) is 2. The van der Waals surface area contributed by atoms with Crippen LogP contribution in [0, 0.1) is 0 Å². The zero-order valence-corrected chi connectivity index (χ0v) is 14.2. The summed E-state index contributed by atoms with van der Waals surface area (Å²) in [7, 11) is 3.83. The molecule has 0 aliphatic heterocycles. The third-order valence-corrected chi connectivity index (χ3v) is 3.60. The van der Waals surface area contributed by atoms with Gasteiger partial charge in [0.2, 0.25) is 0 Å². The van der Waals surface area contributed by atoms with Gasteiger partial charge in [0.15, 0.2) is 5.96 Å². The van der Waals surface area contributed by atoms with Gasteiger partial charge in [0, 0.05) is 30.9 Å². The highest BCUT2D eigenvalue weighted by atomic mass is 127. The van der Waals surface area contributed by atoms with Gasteiger partial charge in [-0.2, -0.15) is 0 Å². The molecule has 2 aromatic rings. The van der Waals surface area contributed by atoms with Gasteiger partial charge in [-0.05, 0) is 23.6 Å². The van der Waals surface area contributed by atoms with Gasteiger partial charge in [0.25, 0.3) is 0 Å². The first-order chi connectivity index (χ1) is 8.79. The minimum atomic E-state index is 0. The smallest absolute Gasteiger partial charge is 0.191 e. The number of halogens is 1. The van der Waals surface area contributed by atoms with Crippen molar-refractivity contribution in [3.63, 3.8) is 0 Å². The van der Waals surface area contributed by atoms with E-state index in [2.05, 4.69) is 43.8 Å². The van der Waals surface area contributed by atoms with E-state index in [4.69, 9.17) is 0 Å². The van der Waals surface area contributed by atoms with Crippen LogP contribution in [0.4, 0.5) is 0 Å². The van der Waals surface area contributed by atoms with Crippen LogP contribution < -0.4 is 10.6 Å². The normalized spacial score (nSPS) is 10.9. The van der Waals surface area contributed by atoms with E-state index in [0.29, 0.717) is 0 Å². The molecular formula is C13H19IN4S. The lowest BCUT2D eigenvalue weighted by atomic mass is 10.4. The maximum absolute atomic E-state index is 4.21. The van der Waals surface area contributed by atoms with E-state index < -0.39 is 0 Å². The Morgan fingerprint density at radius 1 is 1.26 bits per heavy atom. The van der Waals surface area contributed by atoms with Crippen LogP contribution in [-0.4, -0.2) is 17.6 Å². The molecule has 0 amide bonds. The summed E-state index contributed by atoms with van der Waals surface area (Å²) in [5.74, 6) is 0.824. The average Bonchev–Trinajstić information content (AvgIpc) is 3.01. The first-order valence-corrected chi connectivity index (χ1v) is 6.74. The molecule has 2 N–H and O–H groups in total. The second-order valence-corrected chi connectivity index (χ2v) is 5.00. The molecule has 0 unspecified atom stereocenters. The number of nitrogens with one attached hydrogen (secondary N) is 2. The Morgan fingerprint density at radius 3 is 2.63 bits per heavy atom. The first kappa shape index (κ1) is 16.0. The zero-order chi connectivity index (χ0) is 12.8. The molecule has 2 aromatic heterocycles. The van der Waals surface area contributed by atoms with E-state index in [-0.39, 0.29) is 24.0 Å². The van der Waals surface area contributed by atoms with Crippen molar-refractivity contribution in [2.45, 2.75) is 13.1 Å². The molecule has 4 nitrogen and oxygen atoms in total. The molecule has 0 fully saturated rings. The predicted octanol–water partition coefficient (Wildman–Crippen LogP) is 2.57. The Balaban J connectivity index is 0.00000180. The van der Waals surface area contributed by atoms with Gasteiger partial charge >= 0.3 is 0 Å². The second kappa shape index (κ2) is 8.21. The summed E-state index contributed by atoms with van der Waals surface area (Å²) in [6.45, 7) is 1.58. The zero-order valence-electron chi connectivity index (χ0n) is 11.1. The topological polar surface area (TPSA) is 41.4 Å². The van der Waals surface area contributed by atoms with Crippen LogP contribution in [0.5, 0.6) is 0 Å². The van der Waals surface area contributed by atoms with Crippen LogP contribution in [0.3, 0.4) is 0 Å². The molecule has 2 heterocycles. The van der Waals surface area contributed by atoms with E-state index in [1.54, 1.807) is 18.4 Å². The van der Waals surface area contributed by atoms with E-state index in [1.165, 1.54) is 10.6 Å². The number of guanidine groups is 1. The Kier molecular flexibility index (Phi) is 6.93. The number of rotatable bonds is 4. The number of hydrogen-bond acceptors (Lipinski definition) is 2. The summed E-state index contributed by atoms with van der Waals surface area (Å²) >= 11 is 1.74. The van der Waals surface area contributed by atoms with Crippen LogP contribution >= 0.6 is 35.3 Å². The second-order valence-electron chi connectivity index (χ2n) is 3.97. The van der Waals surface area contributed by atoms with Crippen LogP contribution in [0.15, 0.2) is 40.8 Å². The standard InChI is InChI=1S/C13H18N4S.HI/c1-14-13(16-10-12-6-4-8-18-12)15-9-11-5-3-7-17(11)2;/h3-8H,9-10H2,1-2H3,(H2,14,15,16);1H. The maximum atomic E-state index is 4.21. The van der Waals surface area contributed by atoms with Crippen molar-refractivity contribution < 1.29 is 0 Å². The monoisotopic (exact) mass is 390 g/mol. The quantitative estimate of drug-likeness (QED) is 0.479. The lowest BCUT2D eigenvalue weighted by molar-refractivity contribution is 0.752. The molecule has 0 radical (unpaired) electrons. The van der Waals surface area contributed by atoms with Gasteiger partial charge in [-0.1, -0.05) is 6.07 Å². The molecule has 0 saturated carbocycles. The number of aryl methyl sites for hydroxylation is 1. The van der Waals surface area contributed by atoms with E-state index in [1.807, 2.05) is 19.3 Å². The van der Waals surface area contributed by atoms with Crippen molar-refractivity contribution in [1.29, 1.82) is 0 Å². The Labute approximate surface area is 135 Å². The van der Waals surface area contributed by atoms with Crippen molar-refractivity contribution in [1.82, 2.24) is 15.2 Å². The fourth-order valence-electron chi connectivity index (χ4n) is 1.66. The van der Waals surface area contributed by atoms with Crippen molar-refractivity contribution in [2.75, 3.05) is 7.05 Å². The first-order valence-electron chi connectivity index (χ1n) is 5.86. The van der Waals surface area contributed by atoms with Crippen LogP contribution in [0.1, 0.15) is 10.6 Å². The minimum Gasteiger partial charge on any atom is -0.353 e. The van der Waals surface area contributed by atoms with Gasteiger partial charge in [0.1, 0.15) is 0 Å². The predicted molar refractivity (Wildman–Crippen MR) is 92.2 cm³/mol. The lowest BCUT2D eigenvalue weighted by Gasteiger charge is -2.11. The van der Waals surface area contributed by atoms with Crippen LogP contribution in [0.25, 0.3) is 0 Å². The van der Waals surface area contributed by atoms with Gasteiger partial charge in [-0.3, -0.25) is 4.99 Å². The molecule has 0 aliphatic carbocycles. The Bertz CT molecular complexity index is 504. The Hall–Kier alpha value is -1.02. The molecule has 0 bridgehead atoms. The molecule has 6 heteroatoms. The molecule has 0 aromatic carbocycles. The number of thiophene rings is 1. The van der Waals surface area contributed by atoms with Crippen LogP contribution in [0.2, 0.25) is 0 Å². The molecule has 0 spiro atoms. The van der Waals surface area contributed by atoms with Crippen LogP contribution in [-0.2, 0) is 20.1 Å². The number of aromatic nitrogens is 1. The molecular weight excluding hydrogens is 371 g/mol. The summed E-state index contributed by atoms with van der Waals surface area (Å²) in [6.07, 6.45) is 2.04. The summed E-state index contributed by atoms with van der Waals surface area (Å²) in [6, 6.07) is 8.31. The highest BCUT2D eigenvalue weighted by molar-refractivity contribution is 14.0. The largest absolute Gasteiger partial charge is 0.353 e. The Morgan fingerprint density at radius 2 is 2.05 bits per heavy atom. The maximum Gasteiger partial charge on any atom is 0.191 e. The van der Waals surface area contributed by atoms with Gasteiger partial charge < -0.3 is 15.2 Å². The summed E-state index contributed by atoms with van der Waals surface area (Å²) in [5, 5.41) is 8.67. The molecule has 0 aliphatic rings. The SMILES string of the molecule is CN=C(NCc1cccs1)NCc1cccn1C.I. The molecule has 0 atom stereocenters. The van der Waals surface area contributed by atoms with E-state index >= 15 is 0 Å². The average molecular weight is 390 g/mol. The fraction of sp³-hybridized carbons (Fsp3) is 0.308. The fourth-order valence-corrected chi connectivity index (χ4v) is 2.30. The molecule has 2 rings (SSSR count). The highest BCUT2D eigenvalue weighted by Gasteiger charge is 2.01. The summed E-state index contributed by atoms with van der Waals surface area (Å²) in [5.41, 5.74) is 1.23. The summed E-state index contributed by atoms with van der Waals surface area (Å²) < 4.78 is 2.10. The lowest BCUT2D eigenvalue weighted by Crippen LogP contribution is -2.36. The number of nitrogens with zero attached hydrogens (tertiary/aromatic N) is 2. The third kappa shape index (κ3) is 4.87. The summed E-state index contributed by atoms with van der Waals surface area (Å²) in [4.78, 5) is 5.51. The van der Waals surface area contributed by atoms with Gasteiger partial charge in [-0.15, -0.1) is 35.3 Å².